The first-order chi connectivity index (χ1) is 7.18. The lowest BCUT2D eigenvalue weighted by molar-refractivity contribution is -0.137. The van der Waals surface area contributed by atoms with Crippen LogP contribution >= 0.6 is 11.6 Å². The molecule has 0 spiro atoms. The summed E-state index contributed by atoms with van der Waals surface area (Å²) in [5, 5.41) is -0.580. The number of hydrogen-bond acceptors (Lipinski definition) is 3. The van der Waals surface area contributed by atoms with Gasteiger partial charge >= 0.3 is 6.18 Å². The standard InChI is InChI=1S/C7H6ClF3N2O2S/c8-6-2-1-4(16(14,15)13-12)3-5(6)7(9,10)11/h1-3,13H,12H2. The fourth-order valence-electron chi connectivity index (χ4n) is 0.957. The maximum atomic E-state index is 12.4. The monoisotopic (exact) mass is 274 g/mol. The Labute approximate surface area is 94.2 Å². The highest BCUT2D eigenvalue weighted by Crippen LogP contribution is 2.35. The van der Waals surface area contributed by atoms with Gasteiger partial charge in [-0.25, -0.2) is 8.42 Å². The van der Waals surface area contributed by atoms with E-state index in [9.17, 15) is 21.6 Å². The van der Waals surface area contributed by atoms with Gasteiger partial charge in [0.1, 0.15) is 0 Å². The van der Waals surface area contributed by atoms with Gasteiger partial charge in [-0.15, -0.1) is 0 Å². The Bertz CT molecular complexity index is 501. The molecule has 0 heterocycles. The Hall–Kier alpha value is -0.830. The van der Waals surface area contributed by atoms with E-state index in [4.69, 9.17) is 11.6 Å². The quantitative estimate of drug-likeness (QED) is 0.634. The number of rotatable bonds is 2. The molecule has 4 nitrogen and oxygen atoms in total. The van der Waals surface area contributed by atoms with Crippen molar-refractivity contribution in [2.24, 2.45) is 5.84 Å². The lowest BCUT2D eigenvalue weighted by atomic mass is 10.2. The van der Waals surface area contributed by atoms with Gasteiger partial charge in [0.05, 0.1) is 15.5 Å². The maximum absolute atomic E-state index is 12.4. The number of benzene rings is 1. The van der Waals surface area contributed by atoms with Crippen LogP contribution in [0.25, 0.3) is 0 Å². The highest BCUT2D eigenvalue weighted by Gasteiger charge is 2.34. The zero-order chi connectivity index (χ0) is 12.6. The Kier molecular flexibility index (Phi) is 3.48. The van der Waals surface area contributed by atoms with Gasteiger partial charge in [-0.3, -0.25) is 5.84 Å². The summed E-state index contributed by atoms with van der Waals surface area (Å²) in [5.74, 6) is 4.68. The van der Waals surface area contributed by atoms with E-state index in [1.54, 1.807) is 0 Å². The minimum atomic E-state index is -4.72. The van der Waals surface area contributed by atoms with Crippen molar-refractivity contribution in [1.82, 2.24) is 4.83 Å². The summed E-state index contributed by atoms with van der Waals surface area (Å²) in [7, 11) is -4.13. The SMILES string of the molecule is NNS(=O)(=O)c1ccc(Cl)c(C(F)(F)F)c1. The number of nitrogens with one attached hydrogen (secondary N) is 1. The molecular formula is C7H6ClF3N2O2S. The molecule has 0 fully saturated rings. The lowest BCUT2D eigenvalue weighted by Gasteiger charge is -2.10. The fraction of sp³-hybridized carbons (Fsp3) is 0.143. The molecule has 16 heavy (non-hydrogen) atoms. The number of hydrazine groups is 1. The Morgan fingerprint density at radius 2 is 1.88 bits per heavy atom. The van der Waals surface area contributed by atoms with Crippen LogP contribution in [0.5, 0.6) is 0 Å². The van der Waals surface area contributed by atoms with Crippen LogP contribution in [0.3, 0.4) is 0 Å². The maximum Gasteiger partial charge on any atom is 0.417 e. The van der Waals surface area contributed by atoms with Gasteiger partial charge < -0.3 is 0 Å². The summed E-state index contributed by atoms with van der Waals surface area (Å²) in [4.78, 5) is 0.813. The lowest BCUT2D eigenvalue weighted by Crippen LogP contribution is -2.30. The largest absolute Gasteiger partial charge is 0.417 e. The Morgan fingerprint density at radius 1 is 1.31 bits per heavy atom. The summed E-state index contributed by atoms with van der Waals surface area (Å²) in [6.45, 7) is 0. The van der Waals surface area contributed by atoms with Crippen LogP contribution in [0, 0.1) is 0 Å². The fourth-order valence-corrected chi connectivity index (χ4v) is 1.84. The van der Waals surface area contributed by atoms with Crippen molar-refractivity contribution in [1.29, 1.82) is 0 Å². The first-order valence-corrected chi connectivity index (χ1v) is 5.64. The first-order valence-electron chi connectivity index (χ1n) is 3.77. The minimum Gasteiger partial charge on any atom is -0.257 e. The van der Waals surface area contributed by atoms with Crippen molar-refractivity contribution in [3.05, 3.63) is 28.8 Å². The van der Waals surface area contributed by atoms with Gasteiger partial charge in [0.2, 0.25) is 0 Å². The molecule has 0 aliphatic heterocycles. The van der Waals surface area contributed by atoms with Crippen molar-refractivity contribution < 1.29 is 21.6 Å². The van der Waals surface area contributed by atoms with Gasteiger partial charge in [-0.05, 0) is 18.2 Å². The van der Waals surface area contributed by atoms with Crippen LogP contribution in [0.4, 0.5) is 13.2 Å². The second-order valence-corrected chi connectivity index (χ2v) is 4.88. The molecule has 0 radical (unpaired) electrons. The average molecular weight is 275 g/mol. The van der Waals surface area contributed by atoms with Crippen LogP contribution in [0.15, 0.2) is 23.1 Å². The zero-order valence-electron chi connectivity index (χ0n) is 7.55. The highest BCUT2D eigenvalue weighted by atomic mass is 35.5. The molecular weight excluding hydrogens is 269 g/mol. The zero-order valence-corrected chi connectivity index (χ0v) is 9.12. The molecule has 9 heteroatoms. The van der Waals surface area contributed by atoms with E-state index >= 15 is 0 Å². The van der Waals surface area contributed by atoms with Gasteiger partial charge in [-0.2, -0.15) is 18.0 Å². The number of halogens is 4. The normalized spacial score (nSPS) is 12.8. The van der Waals surface area contributed by atoms with Crippen LogP contribution < -0.4 is 10.7 Å². The minimum absolute atomic E-state index is 0.414. The molecule has 0 aromatic heterocycles. The van der Waals surface area contributed by atoms with Crippen LogP contribution in [-0.2, 0) is 16.2 Å². The molecule has 0 saturated carbocycles. The van der Waals surface area contributed by atoms with E-state index in [0.29, 0.717) is 6.07 Å². The van der Waals surface area contributed by atoms with Crippen LogP contribution in [-0.4, -0.2) is 8.42 Å². The molecule has 3 N–H and O–H groups in total. The summed E-state index contributed by atoms with van der Waals surface area (Å²) in [5.41, 5.74) is -1.23. The molecule has 1 rings (SSSR count). The van der Waals surface area contributed by atoms with E-state index in [1.807, 2.05) is 0 Å². The third-order valence-electron chi connectivity index (χ3n) is 1.71. The van der Waals surface area contributed by atoms with Crippen LogP contribution in [0.1, 0.15) is 5.56 Å². The second-order valence-electron chi connectivity index (χ2n) is 2.76. The summed E-state index contributed by atoms with van der Waals surface area (Å²) in [6, 6.07) is 2.18. The van der Waals surface area contributed by atoms with Gasteiger partial charge in [0.15, 0.2) is 0 Å². The highest BCUT2D eigenvalue weighted by molar-refractivity contribution is 7.89. The molecule has 90 valence electrons. The summed E-state index contributed by atoms with van der Waals surface area (Å²) >= 11 is 5.31. The first kappa shape index (κ1) is 13.2. The van der Waals surface area contributed by atoms with E-state index < -0.39 is 31.7 Å². The third-order valence-corrected chi connectivity index (χ3v) is 3.22. The molecule has 0 aliphatic carbocycles. The van der Waals surface area contributed by atoms with Crippen molar-refractivity contribution in [2.75, 3.05) is 0 Å². The average Bonchev–Trinajstić information content (AvgIpc) is 2.16. The summed E-state index contributed by atoms with van der Waals surface area (Å²) in [6.07, 6.45) is -4.72. The molecule has 1 aromatic carbocycles. The molecule has 0 bridgehead atoms. The van der Waals surface area contributed by atoms with Gasteiger partial charge in [0.25, 0.3) is 10.0 Å². The number of hydrogen-bond donors (Lipinski definition) is 2. The molecule has 0 saturated heterocycles. The van der Waals surface area contributed by atoms with Crippen molar-refractivity contribution in [2.45, 2.75) is 11.1 Å². The van der Waals surface area contributed by atoms with Crippen molar-refractivity contribution >= 4 is 21.6 Å². The Morgan fingerprint density at radius 3 is 2.31 bits per heavy atom. The van der Waals surface area contributed by atoms with Crippen molar-refractivity contribution in [3.8, 4) is 0 Å². The van der Waals surface area contributed by atoms with E-state index in [1.165, 1.54) is 4.83 Å². The van der Waals surface area contributed by atoms with E-state index in [0.717, 1.165) is 12.1 Å². The smallest absolute Gasteiger partial charge is 0.257 e. The topological polar surface area (TPSA) is 72.2 Å². The summed E-state index contributed by atoms with van der Waals surface area (Å²) < 4.78 is 59.5. The molecule has 0 aliphatic rings. The molecule has 1 aromatic rings. The predicted molar refractivity (Wildman–Crippen MR) is 51.0 cm³/mol. The third kappa shape index (κ3) is 2.64. The van der Waals surface area contributed by atoms with Crippen molar-refractivity contribution in [3.63, 3.8) is 0 Å². The van der Waals surface area contributed by atoms with Crippen LogP contribution in [0.2, 0.25) is 5.02 Å². The number of alkyl halides is 3. The van der Waals surface area contributed by atoms with Gasteiger partial charge in [-0.1, -0.05) is 11.6 Å². The number of nitrogens with two attached hydrogens (primary N) is 1. The molecule has 0 unspecified atom stereocenters. The Balaban J connectivity index is 3.40. The van der Waals surface area contributed by atoms with Gasteiger partial charge in [0, 0.05) is 0 Å². The van der Waals surface area contributed by atoms with E-state index in [2.05, 4.69) is 5.84 Å². The van der Waals surface area contributed by atoms with E-state index in [-0.39, 0.29) is 0 Å². The molecule has 0 atom stereocenters. The predicted octanol–water partition coefficient (Wildman–Crippen LogP) is 1.51. The molecule has 0 amide bonds. The second kappa shape index (κ2) is 4.21. The number of sulfonamides is 1.